The maximum Gasteiger partial charge on any atom is 0.413 e. The molecule has 4 nitrogen and oxygen atoms in total. The van der Waals surface area contributed by atoms with E-state index in [0.29, 0.717) is 12.6 Å². The smallest absolute Gasteiger partial charge is 0.312 e. The molecule has 0 spiro atoms. The lowest BCUT2D eigenvalue weighted by atomic mass is 9.93. The first-order valence-corrected chi connectivity index (χ1v) is 5.02. The molecule has 1 aromatic rings. The zero-order valence-electron chi connectivity index (χ0n) is 9.58. The van der Waals surface area contributed by atoms with E-state index in [1.807, 2.05) is 0 Å². The number of Topliss-reactive ketones (excluding diaryl/α,β-unsaturated/α-hetero) is 1. The highest BCUT2D eigenvalue weighted by Crippen LogP contribution is 2.29. The van der Waals surface area contributed by atoms with Gasteiger partial charge in [-0.15, -0.1) is 0 Å². The summed E-state index contributed by atoms with van der Waals surface area (Å²) in [6.45, 7) is 0.693. The summed E-state index contributed by atoms with van der Waals surface area (Å²) in [5.74, 6) is -1.02. The average molecular weight is 249 g/mol. The number of aromatic nitrogens is 2. The molecule has 0 aliphatic rings. The van der Waals surface area contributed by atoms with Gasteiger partial charge >= 0.3 is 6.18 Å². The first kappa shape index (κ1) is 13.7. The van der Waals surface area contributed by atoms with Crippen LogP contribution < -0.4 is 5.73 Å². The topological polar surface area (TPSA) is 60.9 Å². The summed E-state index contributed by atoms with van der Waals surface area (Å²) in [6.07, 6.45) is -3.27. The summed E-state index contributed by atoms with van der Waals surface area (Å²) >= 11 is 0. The van der Waals surface area contributed by atoms with Crippen LogP contribution in [-0.2, 0) is 18.3 Å². The Hall–Kier alpha value is -1.37. The second-order valence-electron chi connectivity index (χ2n) is 4.07. The number of hydrogen-bond acceptors (Lipinski definition) is 3. The van der Waals surface area contributed by atoms with Gasteiger partial charge in [0.1, 0.15) is 0 Å². The number of rotatable bonds is 4. The van der Waals surface area contributed by atoms with Crippen LogP contribution in [0, 0.1) is 0 Å². The van der Waals surface area contributed by atoms with Crippen molar-refractivity contribution >= 4 is 5.78 Å². The maximum atomic E-state index is 12.5. The molecule has 2 N–H and O–H groups in total. The van der Waals surface area contributed by atoms with Crippen LogP contribution in [0.15, 0.2) is 12.3 Å². The predicted molar refractivity (Wildman–Crippen MR) is 55.2 cm³/mol. The Morgan fingerprint density at radius 3 is 2.53 bits per heavy atom. The second-order valence-corrected chi connectivity index (χ2v) is 4.07. The van der Waals surface area contributed by atoms with Gasteiger partial charge < -0.3 is 5.73 Å². The molecule has 0 saturated heterocycles. The second kappa shape index (κ2) is 4.48. The molecule has 0 radical (unpaired) electrons. The Morgan fingerprint density at radius 1 is 1.53 bits per heavy atom. The molecule has 1 atom stereocenters. The maximum absolute atomic E-state index is 12.5. The molecule has 1 aromatic heterocycles. The molecule has 17 heavy (non-hydrogen) atoms. The summed E-state index contributed by atoms with van der Waals surface area (Å²) in [7, 11) is 1.66. The van der Waals surface area contributed by atoms with E-state index in [1.165, 1.54) is 10.9 Å². The third-order valence-electron chi connectivity index (χ3n) is 2.70. The zero-order valence-corrected chi connectivity index (χ0v) is 9.58. The van der Waals surface area contributed by atoms with E-state index < -0.39 is 17.5 Å². The normalized spacial score (nSPS) is 15.6. The van der Waals surface area contributed by atoms with Crippen LogP contribution >= 0.6 is 0 Å². The standard InChI is InChI=1S/C10H14F3N3O/c1-9(14,10(11,12)13)8(17)4-3-7-5-6-15-16(7)2/h5-6H,3-4,14H2,1-2H3. The highest BCUT2D eigenvalue weighted by atomic mass is 19.4. The van der Waals surface area contributed by atoms with E-state index in [1.54, 1.807) is 13.1 Å². The van der Waals surface area contributed by atoms with Gasteiger partial charge in [0.25, 0.3) is 0 Å². The summed E-state index contributed by atoms with van der Waals surface area (Å²) in [5, 5.41) is 3.86. The van der Waals surface area contributed by atoms with Crippen LogP contribution in [0.1, 0.15) is 19.0 Å². The lowest BCUT2D eigenvalue weighted by molar-refractivity contribution is -0.186. The summed E-state index contributed by atoms with van der Waals surface area (Å²) in [4.78, 5) is 11.4. The molecule has 7 heteroatoms. The predicted octanol–water partition coefficient (Wildman–Crippen LogP) is 1.20. The van der Waals surface area contributed by atoms with Crippen molar-refractivity contribution in [3.05, 3.63) is 18.0 Å². The van der Waals surface area contributed by atoms with Crippen molar-refractivity contribution in [2.45, 2.75) is 31.5 Å². The molecule has 0 aliphatic carbocycles. The molecule has 0 amide bonds. The fraction of sp³-hybridized carbons (Fsp3) is 0.600. The minimum atomic E-state index is -4.73. The van der Waals surface area contributed by atoms with Gasteiger partial charge in [-0.3, -0.25) is 9.48 Å². The van der Waals surface area contributed by atoms with E-state index in [9.17, 15) is 18.0 Å². The fourth-order valence-electron chi connectivity index (χ4n) is 1.31. The largest absolute Gasteiger partial charge is 0.413 e. The van der Waals surface area contributed by atoms with Crippen molar-refractivity contribution in [3.63, 3.8) is 0 Å². The van der Waals surface area contributed by atoms with Gasteiger partial charge in [-0.1, -0.05) is 0 Å². The minimum Gasteiger partial charge on any atom is -0.312 e. The number of halogens is 3. The number of ketones is 1. The van der Waals surface area contributed by atoms with Crippen molar-refractivity contribution < 1.29 is 18.0 Å². The molecular weight excluding hydrogens is 235 g/mol. The van der Waals surface area contributed by atoms with Gasteiger partial charge in [0, 0.05) is 25.4 Å². The van der Waals surface area contributed by atoms with E-state index in [0.717, 1.165) is 0 Å². The van der Waals surface area contributed by atoms with Crippen LogP contribution in [0.3, 0.4) is 0 Å². The highest BCUT2D eigenvalue weighted by Gasteiger charge is 2.52. The lowest BCUT2D eigenvalue weighted by Gasteiger charge is -2.25. The van der Waals surface area contributed by atoms with Crippen molar-refractivity contribution in [2.75, 3.05) is 0 Å². The molecule has 1 unspecified atom stereocenters. The molecule has 96 valence electrons. The number of nitrogens with zero attached hydrogens (tertiary/aromatic N) is 2. The molecule has 0 aliphatic heterocycles. The highest BCUT2D eigenvalue weighted by molar-refractivity contribution is 5.88. The van der Waals surface area contributed by atoms with Gasteiger partial charge in [0.05, 0.1) is 0 Å². The van der Waals surface area contributed by atoms with Crippen molar-refractivity contribution in [3.8, 4) is 0 Å². The Morgan fingerprint density at radius 2 is 2.12 bits per heavy atom. The first-order chi connectivity index (χ1) is 7.66. The molecule has 0 fully saturated rings. The van der Waals surface area contributed by atoms with Crippen LogP contribution in [0.2, 0.25) is 0 Å². The van der Waals surface area contributed by atoms with Crippen LogP contribution in [0.25, 0.3) is 0 Å². The van der Waals surface area contributed by atoms with Crippen LogP contribution in [-0.4, -0.2) is 27.3 Å². The molecule has 1 rings (SSSR count). The van der Waals surface area contributed by atoms with Gasteiger partial charge in [0.15, 0.2) is 11.3 Å². The molecule has 0 bridgehead atoms. The Balaban J connectivity index is 2.65. The first-order valence-electron chi connectivity index (χ1n) is 5.02. The zero-order chi connectivity index (χ0) is 13.3. The van der Waals surface area contributed by atoms with Gasteiger partial charge in [-0.05, 0) is 19.4 Å². The SMILES string of the molecule is Cn1nccc1CCC(=O)C(C)(N)C(F)(F)F. The number of aryl methyl sites for hydroxylation is 2. The Kier molecular flexibility index (Phi) is 3.61. The van der Waals surface area contributed by atoms with Gasteiger partial charge in [-0.25, -0.2) is 0 Å². The molecular formula is C10H14F3N3O. The van der Waals surface area contributed by atoms with Crippen LogP contribution in [0.5, 0.6) is 0 Å². The number of carbonyl (C=O) groups is 1. The molecule has 1 heterocycles. The number of carbonyl (C=O) groups excluding carboxylic acids is 1. The number of alkyl halides is 3. The molecule has 0 aromatic carbocycles. The van der Waals surface area contributed by atoms with Crippen molar-refractivity contribution in [1.82, 2.24) is 9.78 Å². The number of hydrogen-bond donors (Lipinski definition) is 1. The quantitative estimate of drug-likeness (QED) is 0.872. The van der Waals surface area contributed by atoms with Crippen LogP contribution in [0.4, 0.5) is 13.2 Å². The number of nitrogens with two attached hydrogens (primary N) is 1. The van der Waals surface area contributed by atoms with Crippen molar-refractivity contribution in [1.29, 1.82) is 0 Å². The Bertz CT molecular complexity index is 409. The molecule has 0 saturated carbocycles. The third kappa shape index (κ3) is 2.85. The monoisotopic (exact) mass is 249 g/mol. The van der Waals surface area contributed by atoms with Gasteiger partial charge in [-0.2, -0.15) is 18.3 Å². The van der Waals surface area contributed by atoms with Gasteiger partial charge in [0.2, 0.25) is 0 Å². The summed E-state index contributed by atoms with van der Waals surface area (Å²) in [5.41, 5.74) is 2.92. The van der Waals surface area contributed by atoms with Crippen molar-refractivity contribution in [2.24, 2.45) is 12.8 Å². The summed E-state index contributed by atoms with van der Waals surface area (Å²) in [6, 6.07) is 1.65. The lowest BCUT2D eigenvalue weighted by Crippen LogP contribution is -2.57. The minimum absolute atomic E-state index is 0.193. The third-order valence-corrected chi connectivity index (χ3v) is 2.70. The summed E-state index contributed by atoms with van der Waals surface area (Å²) < 4.78 is 38.9. The van der Waals surface area contributed by atoms with E-state index in [-0.39, 0.29) is 12.8 Å². The fourth-order valence-corrected chi connectivity index (χ4v) is 1.31. The van der Waals surface area contributed by atoms with E-state index in [2.05, 4.69) is 5.10 Å². The van der Waals surface area contributed by atoms with E-state index in [4.69, 9.17) is 5.73 Å². The Labute approximate surface area is 96.6 Å². The van der Waals surface area contributed by atoms with E-state index >= 15 is 0 Å². The average Bonchev–Trinajstić information content (AvgIpc) is 2.58.